The minimum Gasteiger partial charge on any atom is -0.488 e. The number of anilines is 1. The van der Waals surface area contributed by atoms with E-state index in [1.807, 2.05) is 25.1 Å². The van der Waals surface area contributed by atoms with Crippen molar-refractivity contribution in [3.63, 3.8) is 0 Å². The highest BCUT2D eigenvalue weighted by atomic mass is 79.9. The molecule has 1 aromatic heterocycles. The minimum absolute atomic E-state index is 0.0806. The van der Waals surface area contributed by atoms with Crippen LogP contribution in [0.4, 0.5) is 5.69 Å². The Morgan fingerprint density at radius 1 is 1.40 bits per heavy atom. The Labute approximate surface area is 125 Å². The lowest BCUT2D eigenvalue weighted by molar-refractivity contribution is 0.0980. The molecule has 0 aliphatic carbocycles. The van der Waals surface area contributed by atoms with Gasteiger partial charge in [0.1, 0.15) is 6.61 Å². The molecule has 0 radical (unpaired) electrons. The first-order chi connectivity index (χ1) is 9.58. The van der Waals surface area contributed by atoms with Crippen LogP contribution in [-0.2, 0) is 7.05 Å². The number of hydrogen-bond donors (Lipinski definition) is 0. The lowest BCUT2D eigenvalue weighted by atomic mass is 10.1. The van der Waals surface area contributed by atoms with Gasteiger partial charge in [0.05, 0.1) is 12.7 Å². The number of benzene rings is 1. The standard InChI is InChI=1S/C14H14BrN3O2/c1-9-7-10(15)3-4-11(9)18-5-6-20-12-8-16-17(2)13(12)14(18)19/h3-4,7-8H,5-6H2,1-2H3. The van der Waals surface area contributed by atoms with E-state index >= 15 is 0 Å². The van der Waals surface area contributed by atoms with E-state index < -0.39 is 0 Å². The number of aryl methyl sites for hydroxylation is 2. The van der Waals surface area contributed by atoms with E-state index in [9.17, 15) is 4.79 Å². The Kier molecular flexibility index (Phi) is 3.25. The monoisotopic (exact) mass is 335 g/mol. The van der Waals surface area contributed by atoms with Gasteiger partial charge >= 0.3 is 0 Å². The van der Waals surface area contributed by atoms with Crippen LogP contribution in [0.5, 0.6) is 5.75 Å². The first-order valence-electron chi connectivity index (χ1n) is 6.31. The summed E-state index contributed by atoms with van der Waals surface area (Å²) in [5.41, 5.74) is 2.43. The van der Waals surface area contributed by atoms with Crippen molar-refractivity contribution in [3.05, 3.63) is 40.1 Å². The molecule has 1 aliphatic rings. The van der Waals surface area contributed by atoms with E-state index in [2.05, 4.69) is 21.0 Å². The molecule has 0 N–H and O–H groups in total. The molecule has 0 saturated carbocycles. The zero-order chi connectivity index (χ0) is 14.3. The lowest BCUT2D eigenvalue weighted by Crippen LogP contribution is -2.34. The largest absolute Gasteiger partial charge is 0.488 e. The zero-order valence-electron chi connectivity index (χ0n) is 11.3. The van der Waals surface area contributed by atoms with Gasteiger partial charge in [-0.05, 0) is 30.7 Å². The number of hydrogen-bond acceptors (Lipinski definition) is 3. The summed E-state index contributed by atoms with van der Waals surface area (Å²) in [5, 5.41) is 4.09. The SMILES string of the molecule is Cc1cc(Br)ccc1N1CCOc2cnn(C)c2C1=O. The number of carbonyl (C=O) groups excluding carboxylic acids is 1. The molecule has 0 fully saturated rings. The van der Waals surface area contributed by atoms with Crippen molar-refractivity contribution in [2.45, 2.75) is 6.92 Å². The fourth-order valence-electron chi connectivity index (χ4n) is 2.39. The maximum atomic E-state index is 12.7. The van der Waals surface area contributed by atoms with E-state index in [4.69, 9.17) is 4.74 Å². The summed E-state index contributed by atoms with van der Waals surface area (Å²) >= 11 is 3.44. The second-order valence-electron chi connectivity index (χ2n) is 4.72. The second-order valence-corrected chi connectivity index (χ2v) is 5.63. The highest BCUT2D eigenvalue weighted by molar-refractivity contribution is 9.10. The summed E-state index contributed by atoms with van der Waals surface area (Å²) in [6.45, 7) is 2.97. The molecule has 1 aliphatic heterocycles. The molecular weight excluding hydrogens is 322 g/mol. The summed E-state index contributed by atoms with van der Waals surface area (Å²) < 4.78 is 8.16. The van der Waals surface area contributed by atoms with E-state index in [-0.39, 0.29) is 5.91 Å². The molecule has 20 heavy (non-hydrogen) atoms. The smallest absolute Gasteiger partial charge is 0.280 e. The van der Waals surface area contributed by atoms with Gasteiger partial charge in [0.15, 0.2) is 11.4 Å². The zero-order valence-corrected chi connectivity index (χ0v) is 12.8. The predicted molar refractivity (Wildman–Crippen MR) is 79.3 cm³/mol. The fraction of sp³-hybridized carbons (Fsp3) is 0.286. The first-order valence-corrected chi connectivity index (χ1v) is 7.10. The average molecular weight is 336 g/mol. The quantitative estimate of drug-likeness (QED) is 0.804. The molecular formula is C14H14BrN3O2. The number of amides is 1. The van der Waals surface area contributed by atoms with Crippen LogP contribution in [0.15, 0.2) is 28.9 Å². The van der Waals surface area contributed by atoms with Crippen LogP contribution in [0.1, 0.15) is 16.1 Å². The van der Waals surface area contributed by atoms with Crippen LogP contribution in [0, 0.1) is 6.92 Å². The summed E-state index contributed by atoms with van der Waals surface area (Å²) in [5.74, 6) is 0.470. The fourth-order valence-corrected chi connectivity index (χ4v) is 2.87. The molecule has 0 saturated heterocycles. The number of carbonyl (C=O) groups is 1. The Morgan fingerprint density at radius 2 is 2.20 bits per heavy atom. The summed E-state index contributed by atoms with van der Waals surface area (Å²) in [7, 11) is 1.75. The van der Waals surface area contributed by atoms with E-state index in [0.29, 0.717) is 24.6 Å². The molecule has 0 unspecified atom stereocenters. The number of aromatic nitrogens is 2. The van der Waals surface area contributed by atoms with Gasteiger partial charge in [-0.1, -0.05) is 15.9 Å². The third-order valence-electron chi connectivity index (χ3n) is 3.38. The average Bonchev–Trinajstić information content (AvgIpc) is 2.67. The Balaban J connectivity index is 2.06. The topological polar surface area (TPSA) is 47.4 Å². The van der Waals surface area contributed by atoms with Crippen LogP contribution >= 0.6 is 15.9 Å². The van der Waals surface area contributed by atoms with Crippen LogP contribution in [0.2, 0.25) is 0 Å². The van der Waals surface area contributed by atoms with Crippen molar-refractivity contribution in [1.29, 1.82) is 0 Å². The molecule has 3 rings (SSSR count). The van der Waals surface area contributed by atoms with Gasteiger partial charge in [0.2, 0.25) is 0 Å². The third-order valence-corrected chi connectivity index (χ3v) is 3.87. The molecule has 104 valence electrons. The Morgan fingerprint density at radius 3 is 2.95 bits per heavy atom. The van der Waals surface area contributed by atoms with Crippen molar-refractivity contribution in [1.82, 2.24) is 9.78 Å². The van der Waals surface area contributed by atoms with Gasteiger partial charge in [-0.15, -0.1) is 0 Å². The van der Waals surface area contributed by atoms with Gasteiger partial charge < -0.3 is 9.64 Å². The van der Waals surface area contributed by atoms with E-state index in [0.717, 1.165) is 15.7 Å². The van der Waals surface area contributed by atoms with E-state index in [1.54, 1.807) is 22.8 Å². The van der Waals surface area contributed by atoms with Crippen molar-refractivity contribution >= 4 is 27.5 Å². The van der Waals surface area contributed by atoms with Gasteiger partial charge in [-0.3, -0.25) is 9.48 Å². The maximum absolute atomic E-state index is 12.7. The predicted octanol–water partition coefficient (Wildman–Crippen LogP) is 2.53. The van der Waals surface area contributed by atoms with Crippen LogP contribution in [0.25, 0.3) is 0 Å². The molecule has 2 heterocycles. The van der Waals surface area contributed by atoms with Crippen molar-refractivity contribution in [2.75, 3.05) is 18.1 Å². The molecule has 0 atom stereocenters. The minimum atomic E-state index is -0.0806. The van der Waals surface area contributed by atoms with Crippen molar-refractivity contribution in [2.24, 2.45) is 7.05 Å². The molecule has 1 aromatic carbocycles. The highest BCUT2D eigenvalue weighted by Gasteiger charge is 2.28. The summed E-state index contributed by atoms with van der Waals surface area (Å²) in [6.07, 6.45) is 1.59. The Hall–Kier alpha value is -1.82. The molecule has 0 bridgehead atoms. The molecule has 2 aromatic rings. The lowest BCUT2D eigenvalue weighted by Gasteiger charge is -2.22. The third kappa shape index (κ3) is 2.10. The number of ether oxygens (including phenoxy) is 1. The molecule has 5 nitrogen and oxygen atoms in total. The second kappa shape index (κ2) is 4.94. The van der Waals surface area contributed by atoms with Gasteiger partial charge in [-0.2, -0.15) is 5.10 Å². The summed E-state index contributed by atoms with van der Waals surface area (Å²) in [4.78, 5) is 14.5. The van der Waals surface area contributed by atoms with Crippen molar-refractivity contribution < 1.29 is 9.53 Å². The van der Waals surface area contributed by atoms with E-state index in [1.165, 1.54) is 0 Å². The highest BCUT2D eigenvalue weighted by Crippen LogP contribution is 2.29. The normalized spacial score (nSPS) is 14.8. The molecule has 6 heteroatoms. The van der Waals surface area contributed by atoms with Crippen LogP contribution in [0.3, 0.4) is 0 Å². The van der Waals surface area contributed by atoms with Gasteiger partial charge in [-0.25, -0.2) is 0 Å². The van der Waals surface area contributed by atoms with Crippen LogP contribution in [-0.4, -0.2) is 28.8 Å². The number of halogens is 1. The molecule has 0 spiro atoms. The van der Waals surface area contributed by atoms with Gasteiger partial charge in [0.25, 0.3) is 5.91 Å². The maximum Gasteiger partial charge on any atom is 0.280 e. The van der Waals surface area contributed by atoms with Crippen molar-refractivity contribution in [3.8, 4) is 5.75 Å². The summed E-state index contributed by atoms with van der Waals surface area (Å²) in [6, 6.07) is 5.88. The number of fused-ring (bicyclic) bond motifs is 1. The number of rotatable bonds is 1. The number of nitrogens with zero attached hydrogens (tertiary/aromatic N) is 3. The Bertz CT molecular complexity index is 681. The van der Waals surface area contributed by atoms with Gasteiger partial charge in [0, 0.05) is 17.2 Å². The molecule has 1 amide bonds. The first kappa shape index (κ1) is 13.2. The van der Waals surface area contributed by atoms with Crippen LogP contribution < -0.4 is 9.64 Å².